The molecule has 0 aromatic heterocycles. The van der Waals surface area contributed by atoms with Gasteiger partial charge in [0.05, 0.1) is 12.7 Å². The first-order valence-electron chi connectivity index (χ1n) is 6.58. The Bertz CT molecular complexity index is 444. The van der Waals surface area contributed by atoms with Crippen LogP contribution in [0.5, 0.6) is 5.75 Å². The Labute approximate surface area is 108 Å². The number of methoxy groups -OCH3 is 1. The molecule has 3 heteroatoms. The van der Waals surface area contributed by atoms with E-state index in [4.69, 9.17) is 10.5 Å². The fourth-order valence-electron chi connectivity index (χ4n) is 2.57. The van der Waals surface area contributed by atoms with E-state index >= 15 is 0 Å². The third-order valence-electron chi connectivity index (χ3n) is 4.10. The highest BCUT2D eigenvalue weighted by atomic mass is 16.5. The lowest BCUT2D eigenvalue weighted by molar-refractivity contribution is 0.0632. The monoisotopic (exact) mass is 247 g/mol. The maximum atomic E-state index is 12.7. The van der Waals surface area contributed by atoms with Crippen LogP contribution in [-0.2, 0) is 6.42 Å². The second-order valence-electron chi connectivity index (χ2n) is 5.06. The van der Waals surface area contributed by atoms with Crippen molar-refractivity contribution in [1.29, 1.82) is 0 Å². The molecular formula is C15H21NO2. The van der Waals surface area contributed by atoms with Crippen LogP contribution in [-0.4, -0.2) is 19.4 Å². The smallest absolute Gasteiger partial charge is 0.173 e. The predicted molar refractivity (Wildman–Crippen MR) is 72.0 cm³/mol. The first kappa shape index (κ1) is 13.1. The van der Waals surface area contributed by atoms with Crippen molar-refractivity contribution in [3.05, 3.63) is 29.3 Å². The topological polar surface area (TPSA) is 52.3 Å². The summed E-state index contributed by atoms with van der Waals surface area (Å²) in [6.45, 7) is 2.52. The molecule has 98 valence electrons. The van der Waals surface area contributed by atoms with Crippen molar-refractivity contribution in [2.45, 2.75) is 32.6 Å². The van der Waals surface area contributed by atoms with E-state index in [0.717, 1.165) is 31.2 Å². The molecule has 18 heavy (non-hydrogen) atoms. The van der Waals surface area contributed by atoms with Gasteiger partial charge in [0, 0.05) is 12.0 Å². The highest BCUT2D eigenvalue weighted by Gasteiger charge is 2.43. The third-order valence-corrected chi connectivity index (χ3v) is 4.10. The van der Waals surface area contributed by atoms with E-state index in [0.29, 0.717) is 17.9 Å². The van der Waals surface area contributed by atoms with E-state index in [9.17, 15) is 4.79 Å². The number of hydrogen-bond acceptors (Lipinski definition) is 3. The molecule has 1 aromatic rings. The summed E-state index contributed by atoms with van der Waals surface area (Å²) in [6, 6.07) is 5.84. The first-order chi connectivity index (χ1) is 8.66. The van der Waals surface area contributed by atoms with Gasteiger partial charge in [-0.3, -0.25) is 4.79 Å². The summed E-state index contributed by atoms with van der Waals surface area (Å²) < 4.78 is 5.31. The molecule has 0 atom stereocenters. The zero-order valence-corrected chi connectivity index (χ0v) is 11.2. The normalized spacial score (nSPS) is 17.1. The fraction of sp³-hybridized carbons (Fsp3) is 0.533. The van der Waals surface area contributed by atoms with Gasteiger partial charge in [0.1, 0.15) is 5.75 Å². The lowest BCUT2D eigenvalue weighted by Crippen LogP contribution is -2.44. The van der Waals surface area contributed by atoms with Crippen molar-refractivity contribution in [2.24, 2.45) is 11.1 Å². The molecule has 1 saturated carbocycles. The number of carbonyl (C=O) groups excluding carboxylic acids is 1. The minimum absolute atomic E-state index is 0.156. The van der Waals surface area contributed by atoms with Gasteiger partial charge in [-0.1, -0.05) is 19.4 Å². The molecule has 0 saturated heterocycles. The summed E-state index contributed by atoms with van der Waals surface area (Å²) >= 11 is 0. The molecule has 0 heterocycles. The Morgan fingerprint density at radius 2 is 2.17 bits per heavy atom. The summed E-state index contributed by atoms with van der Waals surface area (Å²) in [7, 11) is 1.60. The Hall–Kier alpha value is -1.35. The van der Waals surface area contributed by atoms with Gasteiger partial charge in [0.15, 0.2) is 5.78 Å². The van der Waals surface area contributed by atoms with Crippen molar-refractivity contribution in [1.82, 2.24) is 0 Å². The average Bonchev–Trinajstić information content (AvgIpc) is 2.37. The fourth-order valence-corrected chi connectivity index (χ4v) is 2.57. The molecule has 1 aliphatic rings. The molecule has 2 rings (SSSR count). The van der Waals surface area contributed by atoms with E-state index < -0.39 is 0 Å². The first-order valence-corrected chi connectivity index (χ1v) is 6.58. The number of ketones is 1. The number of aryl methyl sites for hydroxylation is 1. The van der Waals surface area contributed by atoms with E-state index in [-0.39, 0.29) is 11.2 Å². The number of hydrogen-bond donors (Lipinski definition) is 1. The number of rotatable bonds is 5. The molecule has 0 unspecified atom stereocenters. The summed E-state index contributed by atoms with van der Waals surface area (Å²) in [5.74, 6) is 0.820. The van der Waals surface area contributed by atoms with Gasteiger partial charge in [-0.25, -0.2) is 0 Å². The molecule has 0 aliphatic heterocycles. The van der Waals surface area contributed by atoms with E-state index in [2.05, 4.69) is 6.92 Å². The molecule has 1 fully saturated rings. The van der Waals surface area contributed by atoms with Crippen molar-refractivity contribution in [3.63, 3.8) is 0 Å². The van der Waals surface area contributed by atoms with Crippen LogP contribution >= 0.6 is 0 Å². The van der Waals surface area contributed by atoms with Crippen molar-refractivity contribution >= 4 is 5.78 Å². The van der Waals surface area contributed by atoms with Gasteiger partial charge in [0.2, 0.25) is 0 Å². The number of nitrogens with two attached hydrogens (primary N) is 1. The molecule has 0 radical (unpaired) electrons. The van der Waals surface area contributed by atoms with Crippen LogP contribution in [0, 0.1) is 5.41 Å². The molecule has 0 spiro atoms. The zero-order chi connectivity index (χ0) is 13.2. The number of carbonyl (C=O) groups is 1. The molecule has 0 bridgehead atoms. The van der Waals surface area contributed by atoms with E-state index in [1.807, 2.05) is 18.2 Å². The predicted octanol–water partition coefficient (Wildman–Crippen LogP) is 2.57. The zero-order valence-electron chi connectivity index (χ0n) is 11.2. The highest BCUT2D eigenvalue weighted by Crippen LogP contribution is 2.44. The lowest BCUT2D eigenvalue weighted by atomic mass is 9.64. The SMILES string of the molecule is CCc1ccc(OC)c(C(=O)C2(CN)CCC2)c1. The van der Waals surface area contributed by atoms with Crippen molar-refractivity contribution in [3.8, 4) is 5.75 Å². The van der Waals surface area contributed by atoms with E-state index in [1.165, 1.54) is 0 Å². The average molecular weight is 247 g/mol. The lowest BCUT2D eigenvalue weighted by Gasteiger charge is -2.39. The van der Waals surface area contributed by atoms with Gasteiger partial charge in [0.25, 0.3) is 0 Å². The van der Waals surface area contributed by atoms with Crippen molar-refractivity contribution in [2.75, 3.05) is 13.7 Å². The summed E-state index contributed by atoms with van der Waals surface area (Å²) in [4.78, 5) is 12.7. The summed E-state index contributed by atoms with van der Waals surface area (Å²) in [5, 5.41) is 0. The molecule has 3 nitrogen and oxygen atoms in total. The van der Waals surface area contributed by atoms with Crippen LogP contribution in [0.4, 0.5) is 0 Å². The van der Waals surface area contributed by atoms with Crippen LogP contribution in [0.15, 0.2) is 18.2 Å². The largest absolute Gasteiger partial charge is 0.496 e. The van der Waals surface area contributed by atoms with Crippen molar-refractivity contribution < 1.29 is 9.53 Å². The second kappa shape index (κ2) is 5.11. The Morgan fingerprint density at radius 3 is 2.61 bits per heavy atom. The van der Waals surface area contributed by atoms with E-state index in [1.54, 1.807) is 7.11 Å². The number of Topliss-reactive ketones (excluding diaryl/α,β-unsaturated/α-hetero) is 1. The second-order valence-corrected chi connectivity index (χ2v) is 5.06. The molecular weight excluding hydrogens is 226 g/mol. The molecule has 1 aliphatic carbocycles. The standard InChI is InChI=1S/C15H21NO2/c1-3-11-5-6-13(18-2)12(9-11)14(17)15(10-16)7-4-8-15/h5-6,9H,3-4,7-8,10,16H2,1-2H3. The Kier molecular flexibility index (Phi) is 3.71. The summed E-state index contributed by atoms with van der Waals surface area (Å²) in [6.07, 6.45) is 3.82. The minimum Gasteiger partial charge on any atom is -0.496 e. The maximum Gasteiger partial charge on any atom is 0.173 e. The molecule has 0 amide bonds. The van der Waals surface area contributed by atoms with Crippen LogP contribution in [0.25, 0.3) is 0 Å². The Balaban J connectivity index is 2.39. The van der Waals surface area contributed by atoms with Gasteiger partial charge >= 0.3 is 0 Å². The van der Waals surface area contributed by atoms with Gasteiger partial charge in [-0.05, 0) is 37.0 Å². The Morgan fingerprint density at radius 1 is 1.44 bits per heavy atom. The van der Waals surface area contributed by atoms with Gasteiger partial charge in [-0.15, -0.1) is 0 Å². The summed E-state index contributed by atoms with van der Waals surface area (Å²) in [5.41, 5.74) is 7.33. The van der Waals surface area contributed by atoms with Crippen LogP contribution in [0.2, 0.25) is 0 Å². The molecule has 1 aromatic carbocycles. The number of ether oxygens (including phenoxy) is 1. The number of benzene rings is 1. The van der Waals surface area contributed by atoms with Crippen LogP contribution in [0.1, 0.15) is 42.1 Å². The van der Waals surface area contributed by atoms with Crippen LogP contribution in [0.3, 0.4) is 0 Å². The maximum absolute atomic E-state index is 12.7. The highest BCUT2D eigenvalue weighted by molar-refractivity contribution is 6.03. The third kappa shape index (κ3) is 2.03. The van der Waals surface area contributed by atoms with Gasteiger partial charge < -0.3 is 10.5 Å². The minimum atomic E-state index is -0.334. The molecule has 2 N–H and O–H groups in total. The van der Waals surface area contributed by atoms with Crippen LogP contribution < -0.4 is 10.5 Å². The van der Waals surface area contributed by atoms with Gasteiger partial charge in [-0.2, -0.15) is 0 Å². The quantitative estimate of drug-likeness (QED) is 0.814.